The Kier molecular flexibility index (Phi) is 3.44. The lowest BCUT2D eigenvalue weighted by molar-refractivity contribution is -0.385. The molecule has 1 aromatic heterocycles. The van der Waals surface area contributed by atoms with E-state index < -0.39 is 4.92 Å². The number of pyridine rings is 1. The van der Waals surface area contributed by atoms with Crippen molar-refractivity contribution in [1.82, 2.24) is 4.98 Å². The molecule has 3 N–H and O–H groups in total. The molecule has 16 heavy (non-hydrogen) atoms. The van der Waals surface area contributed by atoms with Gasteiger partial charge in [-0.25, -0.2) is 4.98 Å². The second-order valence-electron chi connectivity index (χ2n) is 4.40. The van der Waals surface area contributed by atoms with E-state index in [0.717, 1.165) is 0 Å². The summed E-state index contributed by atoms with van der Waals surface area (Å²) in [5.41, 5.74) is 5.87. The third-order valence-electron chi connectivity index (χ3n) is 1.98. The normalized spacial score (nSPS) is 11.2. The number of anilines is 1. The van der Waals surface area contributed by atoms with Crippen molar-refractivity contribution in [2.75, 3.05) is 11.9 Å². The van der Waals surface area contributed by atoms with Crippen LogP contribution in [0.25, 0.3) is 0 Å². The van der Waals surface area contributed by atoms with Gasteiger partial charge in [-0.2, -0.15) is 0 Å². The number of hydrogen-bond acceptors (Lipinski definition) is 5. The van der Waals surface area contributed by atoms with E-state index >= 15 is 0 Å². The maximum absolute atomic E-state index is 10.6. The first-order valence-corrected chi connectivity index (χ1v) is 4.94. The summed E-state index contributed by atoms with van der Waals surface area (Å²) in [5.74, 6) is 0.599. The second-order valence-corrected chi connectivity index (χ2v) is 4.40. The SMILES string of the molecule is Cc1nc(NCC(C)(C)N)ccc1[N+](=O)[O-]. The minimum atomic E-state index is -0.445. The summed E-state index contributed by atoms with van der Waals surface area (Å²) in [6.45, 7) is 5.94. The third kappa shape index (κ3) is 3.47. The molecule has 0 spiro atoms. The molecule has 1 heterocycles. The third-order valence-corrected chi connectivity index (χ3v) is 1.98. The van der Waals surface area contributed by atoms with Crippen molar-refractivity contribution >= 4 is 11.5 Å². The van der Waals surface area contributed by atoms with Gasteiger partial charge in [-0.1, -0.05) is 0 Å². The monoisotopic (exact) mass is 224 g/mol. The molecule has 0 aliphatic heterocycles. The zero-order valence-electron chi connectivity index (χ0n) is 9.65. The summed E-state index contributed by atoms with van der Waals surface area (Å²) in [4.78, 5) is 14.2. The predicted octanol–water partition coefficient (Wildman–Crippen LogP) is 1.45. The average molecular weight is 224 g/mol. The van der Waals surface area contributed by atoms with E-state index in [9.17, 15) is 10.1 Å². The molecule has 6 heteroatoms. The Hall–Kier alpha value is -1.69. The van der Waals surface area contributed by atoms with Crippen LogP contribution in [0.5, 0.6) is 0 Å². The maximum Gasteiger partial charge on any atom is 0.290 e. The molecule has 0 fully saturated rings. The van der Waals surface area contributed by atoms with Crippen molar-refractivity contribution in [3.63, 3.8) is 0 Å². The number of nitrogens with zero attached hydrogens (tertiary/aromatic N) is 2. The lowest BCUT2D eigenvalue weighted by Gasteiger charge is -2.19. The summed E-state index contributed by atoms with van der Waals surface area (Å²) in [7, 11) is 0. The van der Waals surface area contributed by atoms with Crippen LogP contribution in [-0.2, 0) is 0 Å². The van der Waals surface area contributed by atoms with Crippen LogP contribution in [0.4, 0.5) is 11.5 Å². The first-order valence-electron chi connectivity index (χ1n) is 4.94. The fraction of sp³-hybridized carbons (Fsp3) is 0.500. The Morgan fingerprint density at radius 3 is 2.62 bits per heavy atom. The topological polar surface area (TPSA) is 94.1 Å². The summed E-state index contributed by atoms with van der Waals surface area (Å²) >= 11 is 0. The number of hydrogen-bond donors (Lipinski definition) is 2. The summed E-state index contributed by atoms with van der Waals surface area (Å²) in [5, 5.41) is 13.6. The molecule has 0 unspecified atom stereocenters. The molecule has 0 aromatic carbocycles. The molecular formula is C10H16N4O2. The largest absolute Gasteiger partial charge is 0.368 e. The van der Waals surface area contributed by atoms with Gasteiger partial charge in [0.1, 0.15) is 11.5 Å². The van der Waals surface area contributed by atoms with Gasteiger partial charge in [0.25, 0.3) is 5.69 Å². The highest BCUT2D eigenvalue weighted by Crippen LogP contribution is 2.17. The highest BCUT2D eigenvalue weighted by molar-refractivity contribution is 5.44. The van der Waals surface area contributed by atoms with Crippen LogP contribution in [0.2, 0.25) is 0 Å². The van der Waals surface area contributed by atoms with Gasteiger partial charge in [-0.05, 0) is 26.8 Å². The van der Waals surface area contributed by atoms with Crippen LogP contribution < -0.4 is 11.1 Å². The fourth-order valence-electron chi connectivity index (χ4n) is 1.16. The Labute approximate surface area is 94.0 Å². The molecule has 0 saturated heterocycles. The zero-order chi connectivity index (χ0) is 12.3. The standard InChI is InChI=1S/C10H16N4O2/c1-7-8(14(15)16)4-5-9(13-7)12-6-10(2,3)11/h4-5H,6,11H2,1-3H3,(H,12,13). The Balaban J connectivity index is 2.78. The van der Waals surface area contributed by atoms with E-state index in [1.807, 2.05) is 13.8 Å². The zero-order valence-corrected chi connectivity index (χ0v) is 9.65. The van der Waals surface area contributed by atoms with E-state index in [0.29, 0.717) is 18.1 Å². The van der Waals surface area contributed by atoms with E-state index in [1.54, 1.807) is 13.0 Å². The van der Waals surface area contributed by atoms with Crippen LogP contribution in [0.3, 0.4) is 0 Å². The number of aryl methyl sites for hydroxylation is 1. The maximum atomic E-state index is 10.6. The quantitative estimate of drug-likeness (QED) is 0.596. The lowest BCUT2D eigenvalue weighted by atomic mass is 10.1. The van der Waals surface area contributed by atoms with Gasteiger partial charge in [0.05, 0.1) is 4.92 Å². The van der Waals surface area contributed by atoms with Crippen LogP contribution in [0.1, 0.15) is 19.5 Å². The number of nitro groups is 1. The Morgan fingerprint density at radius 1 is 1.56 bits per heavy atom. The molecular weight excluding hydrogens is 208 g/mol. The lowest BCUT2D eigenvalue weighted by Crippen LogP contribution is -2.39. The van der Waals surface area contributed by atoms with Crippen LogP contribution in [0, 0.1) is 17.0 Å². The number of nitrogens with two attached hydrogens (primary N) is 1. The average Bonchev–Trinajstić information content (AvgIpc) is 2.13. The number of rotatable bonds is 4. The summed E-state index contributed by atoms with van der Waals surface area (Å²) < 4.78 is 0. The van der Waals surface area contributed by atoms with Gasteiger partial charge in [0.15, 0.2) is 0 Å². The molecule has 88 valence electrons. The van der Waals surface area contributed by atoms with Crippen molar-refractivity contribution < 1.29 is 4.92 Å². The molecule has 6 nitrogen and oxygen atoms in total. The minimum absolute atomic E-state index is 0.0255. The Bertz CT molecular complexity index is 398. The van der Waals surface area contributed by atoms with E-state index in [-0.39, 0.29) is 11.2 Å². The van der Waals surface area contributed by atoms with Crippen molar-refractivity contribution in [2.45, 2.75) is 26.3 Å². The van der Waals surface area contributed by atoms with Crippen molar-refractivity contribution in [3.8, 4) is 0 Å². The van der Waals surface area contributed by atoms with Gasteiger partial charge < -0.3 is 11.1 Å². The highest BCUT2D eigenvalue weighted by atomic mass is 16.6. The molecule has 0 amide bonds. The molecule has 0 radical (unpaired) electrons. The molecule has 0 bridgehead atoms. The predicted molar refractivity (Wildman–Crippen MR) is 62.4 cm³/mol. The summed E-state index contributed by atoms with van der Waals surface area (Å²) in [6, 6.07) is 3.02. The smallest absolute Gasteiger partial charge is 0.290 e. The molecule has 0 aliphatic rings. The highest BCUT2D eigenvalue weighted by Gasteiger charge is 2.13. The minimum Gasteiger partial charge on any atom is -0.368 e. The van der Waals surface area contributed by atoms with E-state index in [1.165, 1.54) is 6.07 Å². The van der Waals surface area contributed by atoms with Crippen molar-refractivity contribution in [2.24, 2.45) is 5.73 Å². The second kappa shape index (κ2) is 4.44. The first-order chi connectivity index (χ1) is 7.29. The van der Waals surface area contributed by atoms with Crippen LogP contribution in [-0.4, -0.2) is 22.0 Å². The molecule has 1 aromatic rings. The number of nitrogens with one attached hydrogen (secondary N) is 1. The van der Waals surface area contributed by atoms with Crippen molar-refractivity contribution in [1.29, 1.82) is 0 Å². The fourth-order valence-corrected chi connectivity index (χ4v) is 1.16. The van der Waals surface area contributed by atoms with E-state index in [2.05, 4.69) is 10.3 Å². The Morgan fingerprint density at radius 2 is 2.19 bits per heavy atom. The summed E-state index contributed by atoms with van der Waals surface area (Å²) in [6.07, 6.45) is 0. The molecule has 0 aliphatic carbocycles. The van der Waals surface area contributed by atoms with E-state index in [4.69, 9.17) is 5.73 Å². The van der Waals surface area contributed by atoms with Crippen molar-refractivity contribution in [3.05, 3.63) is 27.9 Å². The molecule has 1 rings (SSSR count). The molecule has 0 atom stereocenters. The van der Waals surface area contributed by atoms with Gasteiger partial charge in [0, 0.05) is 18.2 Å². The first kappa shape index (κ1) is 12.4. The van der Waals surface area contributed by atoms with Gasteiger partial charge in [-0.15, -0.1) is 0 Å². The number of aromatic nitrogens is 1. The molecule has 0 saturated carbocycles. The van der Waals surface area contributed by atoms with Gasteiger partial charge in [-0.3, -0.25) is 10.1 Å². The van der Waals surface area contributed by atoms with Crippen LogP contribution in [0.15, 0.2) is 12.1 Å². The van der Waals surface area contributed by atoms with Crippen LogP contribution >= 0.6 is 0 Å². The van der Waals surface area contributed by atoms with Gasteiger partial charge >= 0.3 is 0 Å². The van der Waals surface area contributed by atoms with Gasteiger partial charge in [0.2, 0.25) is 0 Å².